The topological polar surface area (TPSA) is 71.4 Å². The zero-order valence-electron chi connectivity index (χ0n) is 11.9. The van der Waals surface area contributed by atoms with Gasteiger partial charge in [0.1, 0.15) is 5.82 Å². The number of carbonyl (C=O) groups excluding carboxylic acids is 2. The number of carboxylic acids is 1. The Bertz CT molecular complexity index is 786. The fraction of sp³-hybridized carbons (Fsp3) is 0.118. The van der Waals surface area contributed by atoms with Gasteiger partial charge >= 0.3 is 5.97 Å². The molecule has 23 heavy (non-hydrogen) atoms. The highest BCUT2D eigenvalue weighted by Crippen LogP contribution is 2.19. The maximum atomic E-state index is 13.7. The number of Topliss-reactive ketones (excluding diaryl/α,β-unsaturated/α-hetero) is 2. The van der Waals surface area contributed by atoms with Gasteiger partial charge in [0.25, 0.3) is 0 Å². The molecule has 4 nitrogen and oxygen atoms in total. The highest BCUT2D eigenvalue weighted by molar-refractivity contribution is 6.37. The molecule has 0 aromatic heterocycles. The first-order valence-corrected chi connectivity index (χ1v) is 7.07. The Labute approximate surface area is 136 Å². The standard InChI is InChI=1S/C17H12ClFO4/c18-13-4-5-14(19)12(8-13)7-10-2-1-3-11(6-10)15(20)9-16(21)17(22)23/h1-6,8H,7,9H2,(H,22,23). The number of carboxylic acid groups (broad SMARTS) is 1. The molecule has 0 bridgehead atoms. The number of hydrogen-bond donors (Lipinski definition) is 1. The first-order valence-electron chi connectivity index (χ1n) is 6.69. The van der Waals surface area contributed by atoms with Crippen molar-refractivity contribution in [2.24, 2.45) is 0 Å². The van der Waals surface area contributed by atoms with Crippen molar-refractivity contribution in [3.05, 3.63) is 70.0 Å². The fourth-order valence-electron chi connectivity index (χ4n) is 2.08. The fourth-order valence-corrected chi connectivity index (χ4v) is 2.27. The maximum absolute atomic E-state index is 13.7. The summed E-state index contributed by atoms with van der Waals surface area (Å²) < 4.78 is 13.7. The van der Waals surface area contributed by atoms with Crippen LogP contribution < -0.4 is 0 Å². The van der Waals surface area contributed by atoms with Gasteiger partial charge in [-0.3, -0.25) is 9.59 Å². The van der Waals surface area contributed by atoms with Gasteiger partial charge in [0.2, 0.25) is 5.78 Å². The Hall–Kier alpha value is -2.53. The molecule has 118 valence electrons. The summed E-state index contributed by atoms with van der Waals surface area (Å²) in [6.45, 7) is 0. The second kappa shape index (κ2) is 7.15. The van der Waals surface area contributed by atoms with E-state index in [0.717, 1.165) is 0 Å². The number of ketones is 2. The first kappa shape index (κ1) is 16.8. The van der Waals surface area contributed by atoms with Crippen LogP contribution >= 0.6 is 11.6 Å². The van der Waals surface area contributed by atoms with E-state index in [4.69, 9.17) is 16.7 Å². The Kier molecular flexibility index (Phi) is 5.24. The molecule has 2 aromatic carbocycles. The third kappa shape index (κ3) is 4.47. The van der Waals surface area contributed by atoms with Gasteiger partial charge in [0, 0.05) is 17.0 Å². The summed E-state index contributed by atoms with van der Waals surface area (Å²) in [6, 6.07) is 10.5. The summed E-state index contributed by atoms with van der Waals surface area (Å²) in [5.74, 6) is -3.81. The molecule has 2 rings (SSSR count). The van der Waals surface area contributed by atoms with E-state index < -0.39 is 29.8 Å². The van der Waals surface area contributed by atoms with E-state index in [1.54, 1.807) is 12.1 Å². The van der Waals surface area contributed by atoms with Crippen LogP contribution in [0.5, 0.6) is 0 Å². The lowest BCUT2D eigenvalue weighted by Crippen LogP contribution is -2.17. The van der Waals surface area contributed by atoms with E-state index in [9.17, 15) is 18.8 Å². The van der Waals surface area contributed by atoms with Crippen molar-refractivity contribution >= 4 is 29.1 Å². The van der Waals surface area contributed by atoms with Gasteiger partial charge in [0.05, 0.1) is 6.42 Å². The molecule has 0 saturated carbocycles. The molecule has 2 aromatic rings. The first-order chi connectivity index (χ1) is 10.9. The van der Waals surface area contributed by atoms with Crippen molar-refractivity contribution in [1.29, 1.82) is 0 Å². The molecule has 0 spiro atoms. The SMILES string of the molecule is O=C(O)C(=O)CC(=O)c1cccc(Cc2cc(Cl)ccc2F)c1. The largest absolute Gasteiger partial charge is 0.475 e. The summed E-state index contributed by atoms with van der Waals surface area (Å²) in [7, 11) is 0. The summed E-state index contributed by atoms with van der Waals surface area (Å²) in [5, 5.41) is 8.93. The number of halogens is 2. The third-order valence-electron chi connectivity index (χ3n) is 3.21. The summed E-state index contributed by atoms with van der Waals surface area (Å²) in [4.78, 5) is 33.5. The highest BCUT2D eigenvalue weighted by Gasteiger charge is 2.18. The van der Waals surface area contributed by atoms with Crippen LogP contribution in [0.25, 0.3) is 0 Å². The number of rotatable bonds is 6. The lowest BCUT2D eigenvalue weighted by atomic mass is 9.99. The van der Waals surface area contributed by atoms with Gasteiger partial charge in [-0.25, -0.2) is 9.18 Å². The van der Waals surface area contributed by atoms with E-state index in [1.807, 2.05) is 0 Å². The molecule has 1 N–H and O–H groups in total. The molecule has 0 saturated heterocycles. The van der Waals surface area contributed by atoms with Gasteiger partial charge in [-0.2, -0.15) is 0 Å². The summed E-state index contributed by atoms with van der Waals surface area (Å²) in [5.41, 5.74) is 1.24. The van der Waals surface area contributed by atoms with Crippen LogP contribution in [0, 0.1) is 5.82 Å². The van der Waals surface area contributed by atoms with Crippen molar-refractivity contribution in [3.63, 3.8) is 0 Å². The lowest BCUT2D eigenvalue weighted by Gasteiger charge is -2.06. The molecule has 0 unspecified atom stereocenters. The number of benzene rings is 2. The van der Waals surface area contributed by atoms with Crippen molar-refractivity contribution in [2.45, 2.75) is 12.8 Å². The minimum Gasteiger partial charge on any atom is -0.475 e. The van der Waals surface area contributed by atoms with Crippen LogP contribution in [0.4, 0.5) is 4.39 Å². The van der Waals surface area contributed by atoms with Gasteiger partial charge < -0.3 is 5.11 Å². The van der Waals surface area contributed by atoms with Gasteiger partial charge in [-0.05, 0) is 35.4 Å². The van der Waals surface area contributed by atoms with Gasteiger partial charge in [-0.15, -0.1) is 0 Å². The van der Waals surface area contributed by atoms with E-state index in [0.29, 0.717) is 16.1 Å². The zero-order chi connectivity index (χ0) is 17.0. The molecule has 0 heterocycles. The highest BCUT2D eigenvalue weighted by atomic mass is 35.5. The molecule has 0 amide bonds. The van der Waals surface area contributed by atoms with Crippen LogP contribution in [-0.2, 0) is 16.0 Å². The van der Waals surface area contributed by atoms with E-state index in [2.05, 4.69) is 0 Å². The van der Waals surface area contributed by atoms with Crippen molar-refractivity contribution < 1.29 is 23.9 Å². The molecular weight excluding hydrogens is 323 g/mol. The van der Waals surface area contributed by atoms with Crippen LogP contribution in [-0.4, -0.2) is 22.6 Å². The van der Waals surface area contributed by atoms with Crippen LogP contribution in [0.3, 0.4) is 0 Å². The molecule has 0 radical (unpaired) electrons. The molecule has 0 atom stereocenters. The second-order valence-electron chi connectivity index (χ2n) is 4.94. The zero-order valence-corrected chi connectivity index (χ0v) is 12.6. The number of carbonyl (C=O) groups is 3. The summed E-state index contributed by atoms with van der Waals surface area (Å²) in [6.07, 6.45) is -0.481. The Morgan fingerprint density at radius 3 is 2.52 bits per heavy atom. The molecule has 0 fully saturated rings. The predicted molar refractivity (Wildman–Crippen MR) is 82.2 cm³/mol. The summed E-state index contributed by atoms with van der Waals surface area (Å²) >= 11 is 5.84. The van der Waals surface area contributed by atoms with E-state index >= 15 is 0 Å². The Balaban J connectivity index is 2.19. The monoisotopic (exact) mass is 334 g/mol. The van der Waals surface area contributed by atoms with E-state index in [-0.39, 0.29) is 12.0 Å². The van der Waals surface area contributed by atoms with Crippen molar-refractivity contribution in [1.82, 2.24) is 0 Å². The molecular formula is C17H12ClFO4. The van der Waals surface area contributed by atoms with Gasteiger partial charge in [-0.1, -0.05) is 29.8 Å². The van der Waals surface area contributed by atoms with Crippen molar-refractivity contribution in [2.75, 3.05) is 0 Å². The quantitative estimate of drug-likeness (QED) is 0.500. The average Bonchev–Trinajstić information content (AvgIpc) is 2.51. The minimum absolute atomic E-state index is 0.208. The number of hydrogen-bond acceptors (Lipinski definition) is 3. The third-order valence-corrected chi connectivity index (χ3v) is 3.45. The predicted octanol–water partition coefficient (Wildman–Crippen LogP) is 3.30. The molecule has 6 heteroatoms. The Morgan fingerprint density at radius 2 is 1.83 bits per heavy atom. The Morgan fingerprint density at radius 1 is 1.09 bits per heavy atom. The van der Waals surface area contributed by atoms with E-state index in [1.165, 1.54) is 30.3 Å². The maximum Gasteiger partial charge on any atom is 0.372 e. The van der Waals surface area contributed by atoms with Crippen molar-refractivity contribution in [3.8, 4) is 0 Å². The molecule has 0 aliphatic heterocycles. The molecule has 0 aliphatic rings. The number of aliphatic carboxylic acids is 1. The van der Waals surface area contributed by atoms with Gasteiger partial charge in [0.15, 0.2) is 5.78 Å². The minimum atomic E-state index is -1.64. The normalized spacial score (nSPS) is 10.3. The van der Waals surface area contributed by atoms with Crippen LogP contribution in [0.1, 0.15) is 27.9 Å². The lowest BCUT2D eigenvalue weighted by molar-refractivity contribution is -0.148. The van der Waals surface area contributed by atoms with Crippen LogP contribution in [0.2, 0.25) is 5.02 Å². The second-order valence-corrected chi connectivity index (χ2v) is 5.38. The molecule has 0 aliphatic carbocycles. The smallest absolute Gasteiger partial charge is 0.372 e. The average molecular weight is 335 g/mol. The van der Waals surface area contributed by atoms with Crippen LogP contribution in [0.15, 0.2) is 42.5 Å².